The van der Waals surface area contributed by atoms with Gasteiger partial charge >= 0.3 is 0 Å². The minimum atomic E-state index is -3.45. The molecular weight excluding hydrogens is 400 g/mol. The van der Waals surface area contributed by atoms with Gasteiger partial charge in [-0.1, -0.05) is 29.8 Å². The molecule has 7 nitrogen and oxygen atoms in total. The highest BCUT2D eigenvalue weighted by Crippen LogP contribution is 2.19. The normalized spacial score (nSPS) is 15.1. The zero-order chi connectivity index (χ0) is 21.6. The molecule has 1 fully saturated rings. The van der Waals surface area contributed by atoms with Gasteiger partial charge in [0.2, 0.25) is 10.0 Å². The van der Waals surface area contributed by atoms with Gasteiger partial charge in [-0.15, -0.1) is 0 Å². The number of hydrogen-bond acceptors (Lipinski definition) is 5. The standard InChI is InChI=1S/C22H30N4O3S/c1-18-9-10-21(24-30(2,28)29)20(17-18)22(27)23-11-6-12-25-13-15-26(16-14-25)19-7-4-3-5-8-19/h3-5,7-10,17,24H,6,11-16H2,1-2H3,(H,23,27). The molecule has 1 aliphatic heterocycles. The molecule has 0 unspecified atom stereocenters. The van der Waals surface area contributed by atoms with Crippen molar-refractivity contribution in [2.75, 3.05) is 55.1 Å². The first-order valence-electron chi connectivity index (χ1n) is 10.2. The smallest absolute Gasteiger partial charge is 0.253 e. The topological polar surface area (TPSA) is 81.7 Å². The summed E-state index contributed by atoms with van der Waals surface area (Å²) < 4.78 is 25.5. The minimum Gasteiger partial charge on any atom is -0.369 e. The Hall–Kier alpha value is -2.58. The number of carbonyl (C=O) groups is 1. The van der Waals surface area contributed by atoms with E-state index in [4.69, 9.17) is 0 Å². The molecule has 3 rings (SSSR count). The van der Waals surface area contributed by atoms with Crippen LogP contribution in [0.5, 0.6) is 0 Å². The van der Waals surface area contributed by atoms with Crippen molar-refractivity contribution in [1.82, 2.24) is 10.2 Å². The first-order valence-corrected chi connectivity index (χ1v) is 12.1. The van der Waals surface area contributed by atoms with E-state index in [9.17, 15) is 13.2 Å². The van der Waals surface area contributed by atoms with Crippen molar-refractivity contribution in [2.24, 2.45) is 0 Å². The van der Waals surface area contributed by atoms with Gasteiger partial charge in [-0.05, 0) is 44.2 Å². The van der Waals surface area contributed by atoms with Crippen LogP contribution in [0, 0.1) is 6.92 Å². The van der Waals surface area contributed by atoms with Crippen molar-refractivity contribution < 1.29 is 13.2 Å². The number of anilines is 2. The highest BCUT2D eigenvalue weighted by atomic mass is 32.2. The average molecular weight is 431 g/mol. The second-order valence-corrected chi connectivity index (χ2v) is 9.45. The van der Waals surface area contributed by atoms with Gasteiger partial charge in [0.15, 0.2) is 0 Å². The molecule has 0 radical (unpaired) electrons. The highest BCUT2D eigenvalue weighted by Gasteiger charge is 2.17. The molecule has 0 aromatic heterocycles. The van der Waals surface area contributed by atoms with E-state index in [1.54, 1.807) is 18.2 Å². The number of carbonyl (C=O) groups excluding carboxylic acids is 1. The molecule has 0 spiro atoms. The van der Waals surface area contributed by atoms with Gasteiger partial charge in [-0.3, -0.25) is 14.4 Å². The van der Waals surface area contributed by atoms with Gasteiger partial charge in [0.1, 0.15) is 0 Å². The molecule has 0 atom stereocenters. The molecule has 1 amide bonds. The molecule has 30 heavy (non-hydrogen) atoms. The maximum atomic E-state index is 12.6. The Morgan fingerprint density at radius 3 is 2.40 bits per heavy atom. The molecule has 0 bridgehead atoms. The predicted octanol–water partition coefficient (Wildman–Crippen LogP) is 2.31. The van der Waals surface area contributed by atoms with Crippen LogP contribution in [0.15, 0.2) is 48.5 Å². The van der Waals surface area contributed by atoms with E-state index >= 15 is 0 Å². The minimum absolute atomic E-state index is 0.265. The third-order valence-corrected chi connectivity index (χ3v) is 5.74. The van der Waals surface area contributed by atoms with Crippen LogP contribution in [0.3, 0.4) is 0 Å². The monoisotopic (exact) mass is 430 g/mol. The summed E-state index contributed by atoms with van der Waals surface area (Å²) in [7, 11) is -3.45. The first kappa shape index (κ1) is 22.1. The van der Waals surface area contributed by atoms with Crippen molar-refractivity contribution in [3.8, 4) is 0 Å². The summed E-state index contributed by atoms with van der Waals surface area (Å²) in [6.07, 6.45) is 1.92. The molecule has 8 heteroatoms. The molecule has 2 aromatic rings. The maximum absolute atomic E-state index is 12.6. The van der Waals surface area contributed by atoms with E-state index in [-0.39, 0.29) is 5.91 Å². The quantitative estimate of drug-likeness (QED) is 0.628. The fraction of sp³-hybridized carbons (Fsp3) is 0.409. The molecule has 0 saturated carbocycles. The van der Waals surface area contributed by atoms with Gasteiger partial charge in [0.25, 0.3) is 5.91 Å². The molecular formula is C22H30N4O3S. The Balaban J connectivity index is 1.44. The number of sulfonamides is 1. The van der Waals surface area contributed by atoms with Gasteiger partial charge in [0.05, 0.1) is 17.5 Å². The zero-order valence-electron chi connectivity index (χ0n) is 17.6. The van der Waals surface area contributed by atoms with E-state index in [2.05, 4.69) is 44.1 Å². The molecule has 0 aliphatic carbocycles. The lowest BCUT2D eigenvalue weighted by atomic mass is 10.1. The maximum Gasteiger partial charge on any atom is 0.253 e. The van der Waals surface area contributed by atoms with Gasteiger partial charge in [0, 0.05) is 38.4 Å². The van der Waals surface area contributed by atoms with Crippen molar-refractivity contribution in [2.45, 2.75) is 13.3 Å². The molecule has 2 N–H and O–H groups in total. The summed E-state index contributed by atoms with van der Waals surface area (Å²) in [6, 6.07) is 15.5. The second kappa shape index (κ2) is 9.95. The van der Waals surface area contributed by atoms with Gasteiger partial charge < -0.3 is 10.2 Å². The summed E-state index contributed by atoms with van der Waals surface area (Å²) in [6.45, 7) is 7.35. The summed E-state index contributed by atoms with van der Waals surface area (Å²) in [4.78, 5) is 17.4. The van der Waals surface area contributed by atoms with Crippen LogP contribution in [0.1, 0.15) is 22.3 Å². The predicted molar refractivity (Wildman–Crippen MR) is 122 cm³/mol. The largest absolute Gasteiger partial charge is 0.369 e. The second-order valence-electron chi connectivity index (χ2n) is 7.70. The van der Waals surface area contributed by atoms with Crippen LogP contribution < -0.4 is 14.9 Å². The third-order valence-electron chi connectivity index (χ3n) is 5.15. The van der Waals surface area contributed by atoms with Crippen LogP contribution in [-0.4, -0.2) is 64.7 Å². The third kappa shape index (κ3) is 6.47. The van der Waals surface area contributed by atoms with Crippen LogP contribution in [0.4, 0.5) is 11.4 Å². The highest BCUT2D eigenvalue weighted by molar-refractivity contribution is 7.92. The molecule has 1 aliphatic rings. The summed E-state index contributed by atoms with van der Waals surface area (Å²) in [5, 5.41) is 2.92. The lowest BCUT2D eigenvalue weighted by Gasteiger charge is -2.36. The van der Waals surface area contributed by atoms with E-state index < -0.39 is 10.0 Å². The molecule has 2 aromatic carbocycles. The summed E-state index contributed by atoms with van der Waals surface area (Å²) in [5.74, 6) is -0.265. The number of para-hydroxylation sites is 1. The van der Waals surface area contributed by atoms with Crippen molar-refractivity contribution in [3.05, 3.63) is 59.7 Å². The van der Waals surface area contributed by atoms with Gasteiger partial charge in [-0.25, -0.2) is 8.42 Å². The van der Waals surface area contributed by atoms with Crippen molar-refractivity contribution in [1.29, 1.82) is 0 Å². The lowest BCUT2D eigenvalue weighted by molar-refractivity contribution is 0.0952. The SMILES string of the molecule is Cc1ccc(NS(C)(=O)=O)c(C(=O)NCCCN2CCN(c3ccccc3)CC2)c1. The van der Waals surface area contributed by atoms with Crippen LogP contribution in [0.2, 0.25) is 0 Å². The number of amides is 1. The Kier molecular flexibility index (Phi) is 7.33. The van der Waals surface area contributed by atoms with E-state index in [1.165, 1.54) is 5.69 Å². The zero-order valence-corrected chi connectivity index (χ0v) is 18.4. The van der Waals surface area contributed by atoms with Gasteiger partial charge in [-0.2, -0.15) is 0 Å². The van der Waals surface area contributed by atoms with E-state index in [0.29, 0.717) is 17.8 Å². The number of hydrogen-bond donors (Lipinski definition) is 2. The van der Waals surface area contributed by atoms with E-state index in [1.807, 2.05) is 13.0 Å². The van der Waals surface area contributed by atoms with Crippen molar-refractivity contribution in [3.63, 3.8) is 0 Å². The lowest BCUT2D eigenvalue weighted by Crippen LogP contribution is -2.47. The number of aryl methyl sites for hydroxylation is 1. The fourth-order valence-electron chi connectivity index (χ4n) is 3.60. The number of benzene rings is 2. The molecule has 1 saturated heterocycles. The Morgan fingerprint density at radius 1 is 1.03 bits per heavy atom. The molecule has 1 heterocycles. The first-order chi connectivity index (χ1) is 14.3. The Bertz CT molecular complexity index is 956. The number of nitrogens with zero attached hydrogens (tertiary/aromatic N) is 2. The van der Waals surface area contributed by atoms with E-state index in [0.717, 1.165) is 51.0 Å². The van der Waals surface area contributed by atoms with Crippen LogP contribution >= 0.6 is 0 Å². The average Bonchev–Trinajstić information content (AvgIpc) is 2.72. The number of piperazine rings is 1. The molecule has 162 valence electrons. The number of nitrogens with one attached hydrogen (secondary N) is 2. The van der Waals surface area contributed by atoms with Crippen LogP contribution in [-0.2, 0) is 10.0 Å². The Morgan fingerprint density at radius 2 is 1.73 bits per heavy atom. The van der Waals surface area contributed by atoms with Crippen LogP contribution in [0.25, 0.3) is 0 Å². The summed E-state index contributed by atoms with van der Waals surface area (Å²) >= 11 is 0. The Labute approximate surface area is 179 Å². The van der Waals surface area contributed by atoms with Crippen molar-refractivity contribution >= 4 is 27.3 Å². The fourth-order valence-corrected chi connectivity index (χ4v) is 4.18. The number of rotatable bonds is 8. The summed E-state index contributed by atoms with van der Waals surface area (Å²) in [5.41, 5.74) is 2.81.